The van der Waals surface area contributed by atoms with Gasteiger partial charge in [0, 0.05) is 25.0 Å². The van der Waals surface area contributed by atoms with Gasteiger partial charge in [-0.05, 0) is 32.3 Å². The molecular formula is C15H22N2O. The number of carbonyl (C=O) groups is 1. The molecule has 0 saturated carbocycles. The van der Waals surface area contributed by atoms with Crippen molar-refractivity contribution < 1.29 is 4.79 Å². The van der Waals surface area contributed by atoms with Crippen LogP contribution >= 0.6 is 0 Å². The Morgan fingerprint density at radius 3 is 3.06 bits per heavy atom. The molecule has 1 unspecified atom stereocenters. The molecule has 0 spiro atoms. The molecule has 1 heterocycles. The molecule has 2 rings (SSSR count). The number of nitrogens with one attached hydrogen (secondary N) is 2. The minimum Gasteiger partial charge on any atom is -0.356 e. The predicted octanol–water partition coefficient (Wildman–Crippen LogP) is 2.31. The van der Waals surface area contributed by atoms with Crippen molar-refractivity contribution in [3.05, 3.63) is 35.4 Å². The highest BCUT2D eigenvalue weighted by Crippen LogP contribution is 2.17. The van der Waals surface area contributed by atoms with E-state index >= 15 is 0 Å². The zero-order valence-electron chi connectivity index (χ0n) is 11.2. The fourth-order valence-electron chi connectivity index (χ4n) is 2.51. The first-order chi connectivity index (χ1) is 8.65. The van der Waals surface area contributed by atoms with E-state index in [9.17, 15) is 4.79 Å². The molecule has 1 aliphatic heterocycles. The molecular weight excluding hydrogens is 224 g/mol. The fraction of sp³-hybridized carbons (Fsp3) is 0.533. The molecule has 98 valence electrons. The largest absolute Gasteiger partial charge is 0.356 e. The average molecular weight is 246 g/mol. The second-order valence-corrected chi connectivity index (χ2v) is 5.20. The molecule has 0 aliphatic carbocycles. The summed E-state index contributed by atoms with van der Waals surface area (Å²) in [4.78, 5) is 11.5. The third-order valence-electron chi connectivity index (χ3n) is 3.51. The van der Waals surface area contributed by atoms with Crippen LogP contribution in [0.5, 0.6) is 0 Å². The SMILES string of the molecule is Cc1cccc([C@H](C)NC2CCCNC(=O)C2)c1. The van der Waals surface area contributed by atoms with Crippen LogP contribution in [-0.2, 0) is 4.79 Å². The summed E-state index contributed by atoms with van der Waals surface area (Å²) in [6, 6.07) is 9.12. The average Bonchev–Trinajstić information content (AvgIpc) is 2.53. The van der Waals surface area contributed by atoms with Gasteiger partial charge in [0.25, 0.3) is 0 Å². The van der Waals surface area contributed by atoms with Crippen molar-refractivity contribution in [1.29, 1.82) is 0 Å². The van der Waals surface area contributed by atoms with Crippen molar-refractivity contribution in [2.75, 3.05) is 6.54 Å². The number of aryl methyl sites for hydroxylation is 1. The molecule has 0 aromatic heterocycles. The molecule has 3 heteroatoms. The third kappa shape index (κ3) is 3.57. The lowest BCUT2D eigenvalue weighted by Gasteiger charge is -2.21. The maximum Gasteiger partial charge on any atom is 0.221 e. The van der Waals surface area contributed by atoms with Gasteiger partial charge >= 0.3 is 0 Å². The van der Waals surface area contributed by atoms with E-state index in [0.717, 1.165) is 19.4 Å². The number of carbonyl (C=O) groups excluding carboxylic acids is 1. The van der Waals surface area contributed by atoms with Crippen LogP contribution < -0.4 is 10.6 Å². The maximum absolute atomic E-state index is 11.5. The maximum atomic E-state index is 11.5. The van der Waals surface area contributed by atoms with E-state index in [1.165, 1.54) is 11.1 Å². The molecule has 1 fully saturated rings. The molecule has 1 aromatic rings. The first kappa shape index (κ1) is 13.1. The Morgan fingerprint density at radius 2 is 2.28 bits per heavy atom. The standard InChI is InChI=1S/C15H22N2O/c1-11-5-3-6-13(9-11)12(2)17-14-7-4-8-16-15(18)10-14/h3,5-6,9,12,14,17H,4,7-8,10H2,1-2H3,(H,16,18)/t12-,14?/m0/s1. The van der Waals surface area contributed by atoms with Crippen LogP contribution in [0.15, 0.2) is 24.3 Å². The molecule has 3 nitrogen and oxygen atoms in total. The number of hydrogen-bond donors (Lipinski definition) is 2. The molecule has 2 atom stereocenters. The smallest absolute Gasteiger partial charge is 0.221 e. The van der Waals surface area contributed by atoms with E-state index in [-0.39, 0.29) is 5.91 Å². The normalized spacial score (nSPS) is 22.1. The van der Waals surface area contributed by atoms with Gasteiger partial charge in [-0.3, -0.25) is 4.79 Å². The van der Waals surface area contributed by atoms with Crippen molar-refractivity contribution in [1.82, 2.24) is 10.6 Å². The topological polar surface area (TPSA) is 41.1 Å². The Labute approximate surface area is 109 Å². The lowest BCUT2D eigenvalue weighted by Crippen LogP contribution is -2.34. The van der Waals surface area contributed by atoms with Gasteiger partial charge < -0.3 is 10.6 Å². The van der Waals surface area contributed by atoms with E-state index in [2.05, 4.69) is 48.7 Å². The molecule has 18 heavy (non-hydrogen) atoms. The molecule has 1 aliphatic rings. The second-order valence-electron chi connectivity index (χ2n) is 5.20. The van der Waals surface area contributed by atoms with Crippen LogP contribution in [0.3, 0.4) is 0 Å². The highest BCUT2D eigenvalue weighted by Gasteiger charge is 2.19. The summed E-state index contributed by atoms with van der Waals surface area (Å²) in [6.07, 6.45) is 2.72. The van der Waals surface area contributed by atoms with Crippen LogP contribution in [0, 0.1) is 6.92 Å². The summed E-state index contributed by atoms with van der Waals surface area (Å²) >= 11 is 0. The number of benzene rings is 1. The number of hydrogen-bond acceptors (Lipinski definition) is 2. The fourth-order valence-corrected chi connectivity index (χ4v) is 2.51. The highest BCUT2D eigenvalue weighted by molar-refractivity contribution is 5.76. The van der Waals surface area contributed by atoms with Gasteiger partial charge in [-0.15, -0.1) is 0 Å². The molecule has 0 bridgehead atoms. The lowest BCUT2D eigenvalue weighted by atomic mass is 10.0. The molecule has 0 radical (unpaired) electrons. The highest BCUT2D eigenvalue weighted by atomic mass is 16.1. The van der Waals surface area contributed by atoms with Crippen LogP contribution in [0.1, 0.15) is 43.4 Å². The quantitative estimate of drug-likeness (QED) is 0.859. The number of rotatable bonds is 3. The van der Waals surface area contributed by atoms with Gasteiger partial charge in [0.05, 0.1) is 0 Å². The summed E-state index contributed by atoms with van der Waals surface area (Å²) in [7, 11) is 0. The van der Waals surface area contributed by atoms with E-state index in [1.54, 1.807) is 0 Å². The van der Waals surface area contributed by atoms with Crippen molar-refractivity contribution >= 4 is 5.91 Å². The lowest BCUT2D eigenvalue weighted by molar-refractivity contribution is -0.121. The monoisotopic (exact) mass is 246 g/mol. The third-order valence-corrected chi connectivity index (χ3v) is 3.51. The van der Waals surface area contributed by atoms with E-state index in [1.807, 2.05) is 0 Å². The Morgan fingerprint density at radius 1 is 1.44 bits per heavy atom. The van der Waals surface area contributed by atoms with Crippen LogP contribution in [0.4, 0.5) is 0 Å². The molecule has 1 saturated heterocycles. The van der Waals surface area contributed by atoms with Crippen LogP contribution in [0.25, 0.3) is 0 Å². The van der Waals surface area contributed by atoms with Crippen molar-refractivity contribution in [2.24, 2.45) is 0 Å². The zero-order chi connectivity index (χ0) is 13.0. The first-order valence-electron chi connectivity index (χ1n) is 6.74. The summed E-state index contributed by atoms with van der Waals surface area (Å²) in [5, 5.41) is 6.49. The van der Waals surface area contributed by atoms with Gasteiger partial charge in [0.15, 0.2) is 0 Å². The van der Waals surface area contributed by atoms with E-state index in [4.69, 9.17) is 0 Å². The molecule has 1 amide bonds. The Bertz CT molecular complexity index is 417. The summed E-state index contributed by atoms with van der Waals surface area (Å²) in [6.45, 7) is 5.09. The first-order valence-corrected chi connectivity index (χ1v) is 6.74. The van der Waals surface area contributed by atoms with Gasteiger partial charge in [0.2, 0.25) is 5.91 Å². The van der Waals surface area contributed by atoms with Crippen molar-refractivity contribution in [3.63, 3.8) is 0 Å². The Hall–Kier alpha value is -1.35. The van der Waals surface area contributed by atoms with Crippen molar-refractivity contribution in [3.8, 4) is 0 Å². The number of amides is 1. The van der Waals surface area contributed by atoms with Crippen LogP contribution in [-0.4, -0.2) is 18.5 Å². The zero-order valence-corrected chi connectivity index (χ0v) is 11.2. The minimum absolute atomic E-state index is 0.168. The van der Waals surface area contributed by atoms with Gasteiger partial charge in [0.1, 0.15) is 0 Å². The van der Waals surface area contributed by atoms with E-state index < -0.39 is 0 Å². The van der Waals surface area contributed by atoms with Gasteiger partial charge in [-0.25, -0.2) is 0 Å². The predicted molar refractivity (Wildman–Crippen MR) is 73.4 cm³/mol. The second kappa shape index (κ2) is 6.01. The van der Waals surface area contributed by atoms with E-state index in [0.29, 0.717) is 18.5 Å². The Balaban J connectivity index is 1.97. The summed E-state index contributed by atoms with van der Waals surface area (Å²) in [5.74, 6) is 0.168. The Kier molecular flexibility index (Phi) is 4.37. The molecule has 2 N–H and O–H groups in total. The summed E-state index contributed by atoms with van der Waals surface area (Å²) < 4.78 is 0. The minimum atomic E-state index is 0.168. The van der Waals surface area contributed by atoms with Crippen molar-refractivity contribution in [2.45, 2.75) is 45.2 Å². The van der Waals surface area contributed by atoms with Crippen LogP contribution in [0.2, 0.25) is 0 Å². The summed E-state index contributed by atoms with van der Waals surface area (Å²) in [5.41, 5.74) is 2.57. The van der Waals surface area contributed by atoms with Gasteiger partial charge in [-0.2, -0.15) is 0 Å². The van der Waals surface area contributed by atoms with Gasteiger partial charge in [-0.1, -0.05) is 29.8 Å². The molecule has 1 aromatic carbocycles.